The molecule has 2 heterocycles. The van der Waals surface area contributed by atoms with Crippen LogP contribution in [0.3, 0.4) is 0 Å². The molecule has 0 bridgehead atoms. The van der Waals surface area contributed by atoms with E-state index in [1.807, 2.05) is 18.2 Å². The number of carbonyl (C=O) groups excluding carboxylic acids is 1. The van der Waals surface area contributed by atoms with E-state index in [4.69, 9.17) is 0 Å². The first kappa shape index (κ1) is 17.5. The van der Waals surface area contributed by atoms with Crippen molar-refractivity contribution in [2.75, 3.05) is 26.2 Å². The summed E-state index contributed by atoms with van der Waals surface area (Å²) in [6.45, 7) is 3.82. The van der Waals surface area contributed by atoms with Crippen molar-refractivity contribution in [2.45, 2.75) is 56.4 Å². The minimum atomic E-state index is -0.337. The van der Waals surface area contributed by atoms with Crippen molar-refractivity contribution < 1.29 is 4.79 Å². The summed E-state index contributed by atoms with van der Waals surface area (Å²) in [7, 11) is 0. The molecule has 2 saturated heterocycles. The summed E-state index contributed by atoms with van der Waals surface area (Å²) in [5.41, 5.74) is 0.824. The number of hydrogen-bond acceptors (Lipinski definition) is 3. The Kier molecular flexibility index (Phi) is 5.00. The molecule has 3 aliphatic rings. The SMILES string of the molecule is N#CC1(c2ccccc2)CCN(C2CCC(=O)N(CC3CC3)CC2)CC1. The van der Waals surface area contributed by atoms with Crippen molar-refractivity contribution in [3.8, 4) is 6.07 Å². The summed E-state index contributed by atoms with van der Waals surface area (Å²) in [5, 5.41) is 9.88. The molecule has 4 nitrogen and oxygen atoms in total. The average Bonchev–Trinajstić information content (AvgIpc) is 3.53. The van der Waals surface area contributed by atoms with Crippen LogP contribution in [0.25, 0.3) is 0 Å². The topological polar surface area (TPSA) is 47.3 Å². The molecule has 26 heavy (non-hydrogen) atoms. The summed E-state index contributed by atoms with van der Waals surface area (Å²) >= 11 is 0. The summed E-state index contributed by atoms with van der Waals surface area (Å²) in [4.78, 5) is 17.1. The molecule has 1 aliphatic carbocycles. The van der Waals surface area contributed by atoms with Gasteiger partial charge in [-0.2, -0.15) is 5.26 Å². The maximum Gasteiger partial charge on any atom is 0.222 e. The molecule has 4 heteroatoms. The molecule has 1 amide bonds. The van der Waals surface area contributed by atoms with E-state index >= 15 is 0 Å². The van der Waals surface area contributed by atoms with Gasteiger partial charge in [0.2, 0.25) is 5.91 Å². The zero-order valence-corrected chi connectivity index (χ0v) is 15.6. The van der Waals surface area contributed by atoms with Crippen LogP contribution in [0.15, 0.2) is 30.3 Å². The lowest BCUT2D eigenvalue weighted by Crippen LogP contribution is -2.46. The van der Waals surface area contributed by atoms with Crippen molar-refractivity contribution in [1.29, 1.82) is 5.26 Å². The monoisotopic (exact) mass is 351 g/mol. The van der Waals surface area contributed by atoms with E-state index in [9.17, 15) is 10.1 Å². The summed E-state index contributed by atoms with van der Waals surface area (Å²) in [6, 6.07) is 13.4. The van der Waals surface area contributed by atoms with E-state index in [-0.39, 0.29) is 5.41 Å². The quantitative estimate of drug-likeness (QED) is 0.836. The van der Waals surface area contributed by atoms with Crippen molar-refractivity contribution in [3.63, 3.8) is 0 Å². The number of hydrogen-bond donors (Lipinski definition) is 0. The second kappa shape index (κ2) is 7.40. The number of nitrogens with zero attached hydrogens (tertiary/aromatic N) is 3. The maximum atomic E-state index is 12.4. The van der Waals surface area contributed by atoms with E-state index in [0.717, 1.165) is 63.3 Å². The molecular weight excluding hydrogens is 322 g/mol. The Bertz CT molecular complexity index is 668. The molecule has 1 aromatic rings. The fourth-order valence-corrected chi connectivity index (χ4v) is 4.69. The standard InChI is InChI=1S/C22H29N3O/c23-17-22(19-4-2-1-3-5-19)11-14-24(15-12-22)20-8-9-21(26)25(13-10-20)16-18-6-7-18/h1-5,18,20H,6-16H2. The van der Waals surface area contributed by atoms with E-state index < -0.39 is 0 Å². The number of likely N-dealkylation sites (tertiary alicyclic amines) is 2. The number of piperidine rings is 1. The van der Waals surface area contributed by atoms with Crippen LogP contribution >= 0.6 is 0 Å². The predicted molar refractivity (Wildman–Crippen MR) is 101 cm³/mol. The summed E-state index contributed by atoms with van der Waals surface area (Å²) < 4.78 is 0. The fourth-order valence-electron chi connectivity index (χ4n) is 4.69. The van der Waals surface area contributed by atoms with E-state index in [2.05, 4.69) is 28.0 Å². The van der Waals surface area contributed by atoms with Crippen LogP contribution in [0, 0.1) is 17.2 Å². The van der Waals surface area contributed by atoms with Gasteiger partial charge in [-0.25, -0.2) is 0 Å². The van der Waals surface area contributed by atoms with Gasteiger partial charge in [-0.1, -0.05) is 30.3 Å². The third-order valence-corrected chi connectivity index (χ3v) is 6.66. The van der Waals surface area contributed by atoms with Gasteiger partial charge < -0.3 is 9.80 Å². The van der Waals surface area contributed by atoms with Crippen LogP contribution in [-0.2, 0) is 10.2 Å². The Hall–Kier alpha value is -1.86. The third-order valence-electron chi connectivity index (χ3n) is 6.66. The lowest BCUT2D eigenvalue weighted by molar-refractivity contribution is -0.130. The Morgan fingerprint density at radius 3 is 2.42 bits per heavy atom. The van der Waals surface area contributed by atoms with E-state index in [1.54, 1.807) is 0 Å². The average molecular weight is 351 g/mol. The smallest absolute Gasteiger partial charge is 0.222 e. The van der Waals surface area contributed by atoms with Gasteiger partial charge in [0, 0.05) is 38.6 Å². The van der Waals surface area contributed by atoms with E-state index in [0.29, 0.717) is 18.4 Å². The van der Waals surface area contributed by atoms with Crippen molar-refractivity contribution >= 4 is 5.91 Å². The molecule has 138 valence electrons. The van der Waals surface area contributed by atoms with Gasteiger partial charge in [0.05, 0.1) is 11.5 Å². The predicted octanol–water partition coefficient (Wildman–Crippen LogP) is 3.33. The number of rotatable bonds is 4. The second-order valence-electron chi connectivity index (χ2n) is 8.36. The maximum absolute atomic E-state index is 12.4. The molecule has 2 aliphatic heterocycles. The molecular formula is C22H29N3O. The molecule has 0 radical (unpaired) electrons. The van der Waals surface area contributed by atoms with Crippen molar-refractivity contribution in [1.82, 2.24) is 9.80 Å². The van der Waals surface area contributed by atoms with Crippen LogP contribution in [0.5, 0.6) is 0 Å². The summed E-state index contributed by atoms with van der Waals surface area (Å²) in [5.74, 6) is 1.12. The Labute approximate surface area is 156 Å². The third kappa shape index (κ3) is 3.64. The zero-order valence-electron chi connectivity index (χ0n) is 15.6. The molecule has 4 rings (SSSR count). The first-order valence-corrected chi connectivity index (χ1v) is 10.2. The van der Waals surface area contributed by atoms with Crippen LogP contribution < -0.4 is 0 Å². The Morgan fingerprint density at radius 2 is 1.77 bits per heavy atom. The highest BCUT2D eigenvalue weighted by Crippen LogP contribution is 2.37. The number of amides is 1. The van der Waals surface area contributed by atoms with Gasteiger partial charge in [-0.15, -0.1) is 0 Å². The highest BCUT2D eigenvalue weighted by atomic mass is 16.2. The first-order chi connectivity index (χ1) is 12.7. The lowest BCUT2D eigenvalue weighted by Gasteiger charge is -2.41. The van der Waals surface area contributed by atoms with Gasteiger partial charge in [0.25, 0.3) is 0 Å². The number of nitriles is 1. The van der Waals surface area contributed by atoms with E-state index in [1.165, 1.54) is 12.8 Å². The normalized spacial score (nSPS) is 27.0. The molecule has 1 saturated carbocycles. The highest BCUT2D eigenvalue weighted by Gasteiger charge is 2.39. The van der Waals surface area contributed by atoms with Gasteiger partial charge in [0.1, 0.15) is 0 Å². The van der Waals surface area contributed by atoms with Gasteiger partial charge in [-0.05, 0) is 50.0 Å². The van der Waals surface area contributed by atoms with Crippen LogP contribution in [0.1, 0.15) is 50.5 Å². The minimum Gasteiger partial charge on any atom is -0.342 e. The lowest BCUT2D eigenvalue weighted by atomic mass is 9.73. The van der Waals surface area contributed by atoms with Crippen LogP contribution in [0.2, 0.25) is 0 Å². The zero-order chi connectivity index (χ0) is 18.0. The van der Waals surface area contributed by atoms with Gasteiger partial charge >= 0.3 is 0 Å². The minimum absolute atomic E-state index is 0.337. The van der Waals surface area contributed by atoms with Gasteiger partial charge in [-0.3, -0.25) is 4.79 Å². The molecule has 0 spiro atoms. The fraction of sp³-hybridized carbons (Fsp3) is 0.636. The highest BCUT2D eigenvalue weighted by molar-refractivity contribution is 5.76. The van der Waals surface area contributed by atoms with Crippen LogP contribution in [0.4, 0.5) is 0 Å². The largest absolute Gasteiger partial charge is 0.342 e. The Morgan fingerprint density at radius 1 is 1.04 bits per heavy atom. The Balaban J connectivity index is 1.37. The number of benzene rings is 1. The first-order valence-electron chi connectivity index (χ1n) is 10.2. The molecule has 3 fully saturated rings. The van der Waals surface area contributed by atoms with Crippen molar-refractivity contribution in [2.24, 2.45) is 5.92 Å². The molecule has 1 atom stereocenters. The van der Waals surface area contributed by atoms with Gasteiger partial charge in [0.15, 0.2) is 0 Å². The number of carbonyl (C=O) groups is 1. The molecule has 1 unspecified atom stereocenters. The van der Waals surface area contributed by atoms with Crippen LogP contribution in [-0.4, -0.2) is 47.9 Å². The molecule has 1 aromatic carbocycles. The van der Waals surface area contributed by atoms with Crippen molar-refractivity contribution in [3.05, 3.63) is 35.9 Å². The molecule has 0 N–H and O–H groups in total. The second-order valence-corrected chi connectivity index (χ2v) is 8.36. The summed E-state index contributed by atoms with van der Waals surface area (Å²) in [6.07, 6.45) is 7.14. The molecule has 0 aromatic heterocycles.